The second-order valence-electron chi connectivity index (χ2n) is 7.74. The molecular weight excluding hydrogens is 330 g/mol. The minimum atomic E-state index is -0.283. The number of benzene rings is 1. The fourth-order valence-corrected chi connectivity index (χ4v) is 4.56. The van der Waals surface area contributed by atoms with Gasteiger partial charge in [-0.05, 0) is 64.0 Å². The van der Waals surface area contributed by atoms with Crippen molar-refractivity contribution in [3.63, 3.8) is 0 Å². The van der Waals surface area contributed by atoms with Crippen molar-refractivity contribution in [3.8, 4) is 11.5 Å². The lowest BCUT2D eigenvalue weighted by Crippen LogP contribution is -2.48. The number of allylic oxidation sites excluding steroid dienone is 1. The van der Waals surface area contributed by atoms with E-state index in [-0.39, 0.29) is 17.7 Å². The Morgan fingerprint density at radius 3 is 2.77 bits per heavy atom. The summed E-state index contributed by atoms with van der Waals surface area (Å²) in [5, 5.41) is 0. The Kier molecular flexibility index (Phi) is 4.55. The van der Waals surface area contributed by atoms with Crippen molar-refractivity contribution in [2.45, 2.75) is 63.5 Å². The van der Waals surface area contributed by atoms with Gasteiger partial charge in [-0.25, -0.2) is 4.79 Å². The van der Waals surface area contributed by atoms with Gasteiger partial charge in [0.1, 0.15) is 6.61 Å². The van der Waals surface area contributed by atoms with Gasteiger partial charge < -0.3 is 14.2 Å². The summed E-state index contributed by atoms with van der Waals surface area (Å²) >= 11 is 0. The maximum Gasteiger partial charge on any atom is 0.415 e. The third-order valence-corrected chi connectivity index (χ3v) is 5.83. The normalized spacial score (nSPS) is 26.2. The summed E-state index contributed by atoms with van der Waals surface area (Å²) in [6.45, 7) is 2.58. The number of carbonyl (C=O) groups is 1. The molecule has 26 heavy (non-hydrogen) atoms. The first-order valence-corrected chi connectivity index (χ1v) is 9.59. The average molecular weight is 357 g/mol. The lowest BCUT2D eigenvalue weighted by atomic mass is 9.81. The molecule has 1 unspecified atom stereocenters. The highest BCUT2D eigenvalue weighted by Gasteiger charge is 2.49. The van der Waals surface area contributed by atoms with Crippen LogP contribution in [0.25, 0.3) is 0 Å². The number of nitrogens with zero attached hydrogens (tertiary/aromatic N) is 1. The van der Waals surface area contributed by atoms with Crippen LogP contribution in [0.1, 0.15) is 51.9 Å². The van der Waals surface area contributed by atoms with Gasteiger partial charge in [0.25, 0.3) is 0 Å². The van der Waals surface area contributed by atoms with Crippen LogP contribution in [0.15, 0.2) is 29.8 Å². The fraction of sp³-hybridized carbons (Fsp3) is 0.571. The molecule has 3 aliphatic rings. The van der Waals surface area contributed by atoms with Crippen molar-refractivity contribution in [2.75, 3.05) is 18.6 Å². The number of methoxy groups -OCH3 is 1. The number of carbonyl (C=O) groups excluding carboxylic acids is 1. The summed E-state index contributed by atoms with van der Waals surface area (Å²) in [6, 6.07) is 5.77. The number of ether oxygens (including phenoxy) is 3. The summed E-state index contributed by atoms with van der Waals surface area (Å²) in [7, 11) is 1.65. The quantitative estimate of drug-likeness (QED) is 0.723. The van der Waals surface area contributed by atoms with E-state index >= 15 is 0 Å². The summed E-state index contributed by atoms with van der Waals surface area (Å²) in [5.41, 5.74) is 1.86. The molecule has 1 aliphatic heterocycles. The summed E-state index contributed by atoms with van der Waals surface area (Å²) < 4.78 is 17.2. The van der Waals surface area contributed by atoms with Gasteiger partial charge in [-0.2, -0.15) is 0 Å². The molecule has 1 spiro atoms. The molecule has 1 amide bonds. The Labute approximate surface area is 154 Å². The minimum Gasteiger partial charge on any atom is -0.493 e. The molecule has 4 rings (SSSR count). The van der Waals surface area contributed by atoms with Crippen molar-refractivity contribution in [1.82, 2.24) is 0 Å². The first kappa shape index (κ1) is 17.3. The van der Waals surface area contributed by atoms with Crippen molar-refractivity contribution < 1.29 is 19.0 Å². The van der Waals surface area contributed by atoms with Gasteiger partial charge in [-0.15, -0.1) is 0 Å². The maximum absolute atomic E-state index is 12.6. The second-order valence-corrected chi connectivity index (χ2v) is 7.74. The molecule has 1 saturated carbocycles. The maximum atomic E-state index is 12.6. The molecule has 1 aromatic rings. The zero-order valence-electron chi connectivity index (χ0n) is 15.6. The number of rotatable bonds is 4. The lowest BCUT2D eigenvalue weighted by molar-refractivity contribution is 0.170. The minimum absolute atomic E-state index is 0.235. The molecule has 0 N–H and O–H groups in total. The van der Waals surface area contributed by atoms with Crippen molar-refractivity contribution in [3.05, 3.63) is 29.8 Å². The van der Waals surface area contributed by atoms with Gasteiger partial charge in [-0.1, -0.05) is 11.6 Å². The van der Waals surface area contributed by atoms with Gasteiger partial charge in [0.05, 0.1) is 24.4 Å². The van der Waals surface area contributed by atoms with E-state index in [1.807, 2.05) is 23.1 Å². The largest absolute Gasteiger partial charge is 0.493 e. The number of anilines is 1. The number of cyclic esters (lactones) is 1. The van der Waals surface area contributed by atoms with Crippen LogP contribution >= 0.6 is 0 Å². The van der Waals surface area contributed by atoms with Gasteiger partial charge in [0.2, 0.25) is 0 Å². The van der Waals surface area contributed by atoms with E-state index in [0.717, 1.165) is 43.5 Å². The molecule has 1 saturated heterocycles. The fourth-order valence-electron chi connectivity index (χ4n) is 4.56. The zero-order valence-corrected chi connectivity index (χ0v) is 15.6. The first-order chi connectivity index (χ1) is 12.6. The van der Waals surface area contributed by atoms with Crippen LogP contribution in [0.4, 0.5) is 10.5 Å². The number of hydrogen-bond acceptors (Lipinski definition) is 4. The molecule has 1 atom stereocenters. The SMILES string of the molecule is COc1ccc(N2C(=O)OCC23CCC=C(C)C3)cc1OC1CCCC1. The topological polar surface area (TPSA) is 48.0 Å². The van der Waals surface area contributed by atoms with Crippen LogP contribution in [0.3, 0.4) is 0 Å². The molecule has 0 aromatic heterocycles. The van der Waals surface area contributed by atoms with E-state index in [2.05, 4.69) is 13.0 Å². The van der Waals surface area contributed by atoms with E-state index in [4.69, 9.17) is 14.2 Å². The monoisotopic (exact) mass is 357 g/mol. The van der Waals surface area contributed by atoms with Crippen molar-refractivity contribution in [2.24, 2.45) is 0 Å². The Morgan fingerprint density at radius 1 is 1.23 bits per heavy atom. The smallest absolute Gasteiger partial charge is 0.415 e. The molecule has 140 valence electrons. The molecule has 2 aliphatic carbocycles. The lowest BCUT2D eigenvalue weighted by Gasteiger charge is -2.38. The van der Waals surface area contributed by atoms with Crippen molar-refractivity contribution >= 4 is 11.8 Å². The van der Waals surface area contributed by atoms with Crippen LogP contribution < -0.4 is 14.4 Å². The van der Waals surface area contributed by atoms with E-state index in [0.29, 0.717) is 12.4 Å². The van der Waals surface area contributed by atoms with E-state index < -0.39 is 0 Å². The average Bonchev–Trinajstić information content (AvgIpc) is 3.23. The summed E-state index contributed by atoms with van der Waals surface area (Å²) in [4.78, 5) is 14.4. The van der Waals surface area contributed by atoms with Crippen LogP contribution in [0.2, 0.25) is 0 Å². The zero-order chi connectivity index (χ0) is 18.1. The third kappa shape index (κ3) is 3.04. The number of amides is 1. The standard InChI is InChI=1S/C21H27NO4/c1-15-6-5-11-21(13-15)14-25-20(23)22(21)16-9-10-18(24-2)19(12-16)26-17-7-3-4-8-17/h6,9-10,12,17H,3-5,7-8,11,13-14H2,1-2H3. The van der Waals surface area contributed by atoms with Crippen LogP contribution in [-0.2, 0) is 4.74 Å². The molecule has 5 nitrogen and oxygen atoms in total. The predicted octanol–water partition coefficient (Wildman–Crippen LogP) is 4.84. The Morgan fingerprint density at radius 2 is 2.04 bits per heavy atom. The van der Waals surface area contributed by atoms with E-state index in [1.54, 1.807) is 7.11 Å². The van der Waals surface area contributed by atoms with Crippen LogP contribution in [-0.4, -0.2) is 31.5 Å². The third-order valence-electron chi connectivity index (χ3n) is 5.83. The highest BCUT2D eigenvalue weighted by molar-refractivity contribution is 5.92. The van der Waals surface area contributed by atoms with Crippen LogP contribution in [0, 0.1) is 0 Å². The van der Waals surface area contributed by atoms with Gasteiger partial charge in [0, 0.05) is 6.07 Å². The van der Waals surface area contributed by atoms with E-state index in [1.165, 1.54) is 18.4 Å². The van der Waals surface area contributed by atoms with Gasteiger partial charge >= 0.3 is 6.09 Å². The molecule has 5 heteroatoms. The number of hydrogen-bond donors (Lipinski definition) is 0. The highest BCUT2D eigenvalue weighted by Crippen LogP contribution is 2.43. The Balaban J connectivity index is 1.67. The van der Waals surface area contributed by atoms with Crippen LogP contribution in [0.5, 0.6) is 11.5 Å². The highest BCUT2D eigenvalue weighted by atomic mass is 16.6. The van der Waals surface area contributed by atoms with Crippen molar-refractivity contribution in [1.29, 1.82) is 0 Å². The Bertz CT molecular complexity index is 723. The molecule has 0 bridgehead atoms. The van der Waals surface area contributed by atoms with E-state index in [9.17, 15) is 4.79 Å². The summed E-state index contributed by atoms with van der Waals surface area (Å²) in [5.74, 6) is 1.43. The van der Waals surface area contributed by atoms with Gasteiger partial charge in [-0.3, -0.25) is 4.90 Å². The summed E-state index contributed by atoms with van der Waals surface area (Å²) in [6.07, 6.45) is 9.54. The van der Waals surface area contributed by atoms with Gasteiger partial charge in [0.15, 0.2) is 11.5 Å². The molecule has 1 aromatic carbocycles. The Hall–Kier alpha value is -2.17. The first-order valence-electron chi connectivity index (χ1n) is 9.59. The molecule has 2 fully saturated rings. The predicted molar refractivity (Wildman–Crippen MR) is 100 cm³/mol. The molecular formula is C21H27NO4. The molecule has 1 heterocycles. The molecule has 0 radical (unpaired) electrons. The second kappa shape index (κ2) is 6.86.